The Morgan fingerprint density at radius 1 is 1.08 bits per heavy atom. The van der Waals surface area contributed by atoms with Gasteiger partial charge in [0.1, 0.15) is 5.82 Å². The van der Waals surface area contributed by atoms with Crippen LogP contribution in [0.2, 0.25) is 0 Å². The summed E-state index contributed by atoms with van der Waals surface area (Å²) in [4.78, 5) is 1.14. The number of sulfone groups is 1. The number of hydrogen-bond acceptors (Lipinski definition) is 6. The predicted octanol–water partition coefficient (Wildman–Crippen LogP) is 2.50. The molecular formula is C15H13FN4O2S2. The first-order chi connectivity index (χ1) is 11.4. The van der Waals surface area contributed by atoms with Crippen LogP contribution in [0.25, 0.3) is 5.69 Å². The highest BCUT2D eigenvalue weighted by molar-refractivity contribution is 7.98. The number of rotatable bonds is 5. The minimum atomic E-state index is -3.24. The Labute approximate surface area is 142 Å². The molecule has 3 rings (SSSR count). The molecule has 9 heteroatoms. The fraction of sp³-hybridized carbons (Fsp3) is 0.133. The van der Waals surface area contributed by atoms with Gasteiger partial charge >= 0.3 is 0 Å². The van der Waals surface area contributed by atoms with E-state index in [0.717, 1.165) is 11.2 Å². The first kappa shape index (κ1) is 16.6. The predicted molar refractivity (Wildman–Crippen MR) is 88.2 cm³/mol. The summed E-state index contributed by atoms with van der Waals surface area (Å²) in [6, 6.07) is 12.5. The number of benzene rings is 2. The lowest BCUT2D eigenvalue weighted by atomic mass is 10.3. The molecule has 0 atom stereocenters. The average Bonchev–Trinajstić information content (AvgIpc) is 3.02. The zero-order chi connectivity index (χ0) is 17.2. The van der Waals surface area contributed by atoms with Crippen LogP contribution in [0.5, 0.6) is 0 Å². The average molecular weight is 364 g/mol. The minimum absolute atomic E-state index is 0.238. The van der Waals surface area contributed by atoms with Crippen molar-refractivity contribution in [3.8, 4) is 5.69 Å². The lowest BCUT2D eigenvalue weighted by Crippen LogP contribution is -2.03. The monoisotopic (exact) mass is 364 g/mol. The van der Waals surface area contributed by atoms with Gasteiger partial charge in [0.05, 0.1) is 16.3 Å². The molecule has 0 aliphatic carbocycles. The van der Waals surface area contributed by atoms with Gasteiger partial charge in [0.2, 0.25) is 0 Å². The molecule has 124 valence electrons. The maximum atomic E-state index is 12.9. The number of hydrogen-bond donors (Lipinski definition) is 0. The highest BCUT2D eigenvalue weighted by atomic mass is 32.2. The SMILES string of the molecule is CS(=O)(=O)c1ccc(-n2nnnc2CSc2ccc(F)cc2)cc1. The molecule has 0 saturated heterocycles. The van der Waals surface area contributed by atoms with Crippen LogP contribution in [0, 0.1) is 5.82 Å². The van der Waals surface area contributed by atoms with E-state index < -0.39 is 9.84 Å². The van der Waals surface area contributed by atoms with Crippen molar-refractivity contribution in [2.45, 2.75) is 15.5 Å². The first-order valence-electron chi connectivity index (χ1n) is 6.89. The summed E-state index contributed by atoms with van der Waals surface area (Å²) in [5.74, 6) is 0.818. The van der Waals surface area contributed by atoms with E-state index in [1.165, 1.54) is 36.0 Å². The quantitative estimate of drug-likeness (QED) is 0.648. The van der Waals surface area contributed by atoms with E-state index >= 15 is 0 Å². The molecular weight excluding hydrogens is 351 g/mol. The summed E-state index contributed by atoms with van der Waals surface area (Å²) < 4.78 is 37.5. The lowest BCUT2D eigenvalue weighted by molar-refractivity contribution is 0.602. The topological polar surface area (TPSA) is 77.7 Å². The fourth-order valence-corrected chi connectivity index (χ4v) is 3.44. The Kier molecular flexibility index (Phi) is 4.63. The molecule has 0 aliphatic heterocycles. The van der Waals surface area contributed by atoms with Crippen LogP contribution in [0.15, 0.2) is 58.3 Å². The van der Waals surface area contributed by atoms with Gasteiger partial charge in [-0.15, -0.1) is 16.9 Å². The van der Waals surface area contributed by atoms with Crippen LogP contribution in [0.3, 0.4) is 0 Å². The molecule has 0 bridgehead atoms. The van der Waals surface area contributed by atoms with Crippen molar-refractivity contribution in [2.75, 3.05) is 6.26 Å². The summed E-state index contributed by atoms with van der Waals surface area (Å²) in [6.07, 6.45) is 1.16. The van der Waals surface area contributed by atoms with Gasteiger partial charge in [-0.3, -0.25) is 0 Å². The third-order valence-electron chi connectivity index (χ3n) is 3.23. The first-order valence-corrected chi connectivity index (χ1v) is 9.77. The Hall–Kier alpha value is -2.26. The molecule has 0 saturated carbocycles. The van der Waals surface area contributed by atoms with Crippen molar-refractivity contribution in [3.63, 3.8) is 0 Å². The second kappa shape index (κ2) is 6.70. The summed E-state index contributed by atoms with van der Waals surface area (Å²) in [5.41, 5.74) is 0.669. The van der Waals surface area contributed by atoms with Gasteiger partial charge in [0.25, 0.3) is 0 Å². The van der Waals surface area contributed by atoms with Gasteiger partial charge in [0.15, 0.2) is 15.7 Å². The van der Waals surface area contributed by atoms with Gasteiger partial charge in [-0.05, 0) is 59.0 Å². The molecule has 3 aromatic rings. The molecule has 1 aromatic heterocycles. The van der Waals surface area contributed by atoms with E-state index in [4.69, 9.17) is 0 Å². The van der Waals surface area contributed by atoms with Crippen LogP contribution < -0.4 is 0 Å². The van der Waals surface area contributed by atoms with Gasteiger partial charge in [-0.25, -0.2) is 12.8 Å². The van der Waals surface area contributed by atoms with E-state index in [0.29, 0.717) is 17.3 Å². The summed E-state index contributed by atoms with van der Waals surface area (Å²) in [5, 5.41) is 11.6. The highest BCUT2D eigenvalue weighted by Gasteiger charge is 2.11. The molecule has 2 aromatic carbocycles. The number of nitrogens with zero attached hydrogens (tertiary/aromatic N) is 4. The number of aromatic nitrogens is 4. The van der Waals surface area contributed by atoms with E-state index in [1.54, 1.807) is 28.9 Å². The zero-order valence-corrected chi connectivity index (χ0v) is 14.3. The van der Waals surface area contributed by atoms with Crippen LogP contribution in [-0.4, -0.2) is 34.9 Å². The second-order valence-electron chi connectivity index (χ2n) is 5.02. The largest absolute Gasteiger partial charge is 0.224 e. The smallest absolute Gasteiger partial charge is 0.175 e. The Balaban J connectivity index is 1.78. The van der Waals surface area contributed by atoms with Crippen LogP contribution in [0.4, 0.5) is 4.39 Å². The van der Waals surface area contributed by atoms with Crippen molar-refractivity contribution in [3.05, 3.63) is 60.2 Å². The lowest BCUT2D eigenvalue weighted by Gasteiger charge is -2.05. The van der Waals surface area contributed by atoms with Crippen molar-refractivity contribution >= 4 is 21.6 Å². The van der Waals surface area contributed by atoms with Crippen LogP contribution in [-0.2, 0) is 15.6 Å². The van der Waals surface area contributed by atoms with Gasteiger partial charge in [-0.1, -0.05) is 0 Å². The summed E-state index contributed by atoms with van der Waals surface area (Å²) >= 11 is 1.48. The molecule has 6 nitrogen and oxygen atoms in total. The van der Waals surface area contributed by atoms with Crippen LogP contribution in [0.1, 0.15) is 5.82 Å². The fourth-order valence-electron chi connectivity index (χ4n) is 2.01. The third kappa shape index (κ3) is 3.80. The summed E-state index contributed by atoms with van der Waals surface area (Å²) in [7, 11) is -3.24. The second-order valence-corrected chi connectivity index (χ2v) is 8.08. The van der Waals surface area contributed by atoms with E-state index in [9.17, 15) is 12.8 Å². The standard InChI is InChI=1S/C15H13FN4O2S2/c1-24(21,22)14-8-4-12(5-9-14)20-15(17-18-19-20)10-23-13-6-2-11(16)3-7-13/h2-9H,10H2,1H3. The highest BCUT2D eigenvalue weighted by Crippen LogP contribution is 2.23. The molecule has 24 heavy (non-hydrogen) atoms. The van der Waals surface area contributed by atoms with Crippen molar-refractivity contribution < 1.29 is 12.8 Å². The molecule has 0 aliphatic rings. The van der Waals surface area contributed by atoms with Crippen molar-refractivity contribution in [1.82, 2.24) is 20.2 Å². The van der Waals surface area contributed by atoms with Gasteiger partial charge in [0, 0.05) is 11.2 Å². The van der Waals surface area contributed by atoms with Crippen molar-refractivity contribution in [2.24, 2.45) is 0 Å². The van der Waals surface area contributed by atoms with Gasteiger partial charge < -0.3 is 0 Å². The maximum Gasteiger partial charge on any atom is 0.175 e. The maximum absolute atomic E-state index is 12.9. The van der Waals surface area contributed by atoms with Gasteiger partial charge in [-0.2, -0.15) is 4.68 Å². The Morgan fingerprint density at radius 3 is 2.38 bits per heavy atom. The zero-order valence-electron chi connectivity index (χ0n) is 12.6. The summed E-state index contributed by atoms with van der Waals surface area (Å²) in [6.45, 7) is 0. The minimum Gasteiger partial charge on any atom is -0.224 e. The molecule has 1 heterocycles. The molecule has 0 spiro atoms. The molecule has 0 amide bonds. The number of tetrazole rings is 1. The van der Waals surface area contributed by atoms with Crippen LogP contribution >= 0.6 is 11.8 Å². The molecule has 0 fully saturated rings. The Bertz CT molecular complexity index is 938. The molecule has 0 N–H and O–H groups in total. The Morgan fingerprint density at radius 2 is 1.75 bits per heavy atom. The van der Waals surface area contributed by atoms with E-state index in [1.807, 2.05) is 0 Å². The number of thioether (sulfide) groups is 1. The normalized spacial score (nSPS) is 11.6. The molecule has 0 unspecified atom stereocenters. The van der Waals surface area contributed by atoms with Crippen molar-refractivity contribution in [1.29, 1.82) is 0 Å². The van der Waals surface area contributed by atoms with E-state index in [2.05, 4.69) is 15.5 Å². The third-order valence-corrected chi connectivity index (χ3v) is 5.36. The molecule has 0 radical (unpaired) electrons. The number of halogens is 1. The van der Waals surface area contributed by atoms with E-state index in [-0.39, 0.29) is 10.7 Å².